The van der Waals surface area contributed by atoms with E-state index in [0.717, 1.165) is 18.5 Å². The number of aryl methyl sites for hydroxylation is 1. The van der Waals surface area contributed by atoms with Crippen LogP contribution in [0.4, 0.5) is 4.39 Å². The minimum Gasteiger partial charge on any atom is -0.309 e. The van der Waals surface area contributed by atoms with Gasteiger partial charge in [0.05, 0.1) is 4.75 Å². The van der Waals surface area contributed by atoms with Crippen LogP contribution >= 0.6 is 11.8 Å². The third-order valence-electron chi connectivity index (χ3n) is 4.57. The third-order valence-corrected chi connectivity index (χ3v) is 6.01. The van der Waals surface area contributed by atoms with Crippen molar-refractivity contribution in [1.82, 2.24) is 4.90 Å². The second-order valence-corrected chi connectivity index (χ2v) is 8.31. The number of nitrogens with zero attached hydrogens (tertiary/aromatic N) is 1. The fourth-order valence-electron chi connectivity index (χ4n) is 3.23. The SMILES string of the molecule is Cc1ccc2c(c1)/C(=C\CCN(C)C)C(C)(c1ccc(F)cc1)S2. The Balaban J connectivity index is 2.06. The summed E-state index contributed by atoms with van der Waals surface area (Å²) in [6.45, 7) is 5.41. The Morgan fingerprint density at radius 1 is 1.12 bits per heavy atom. The van der Waals surface area contributed by atoms with Crippen molar-refractivity contribution in [2.24, 2.45) is 0 Å². The molecule has 0 N–H and O–H groups in total. The van der Waals surface area contributed by atoms with E-state index in [0.29, 0.717) is 0 Å². The fourth-order valence-corrected chi connectivity index (χ4v) is 4.64. The molecule has 3 rings (SSSR count). The zero-order valence-corrected chi connectivity index (χ0v) is 15.6. The van der Waals surface area contributed by atoms with Crippen LogP contribution < -0.4 is 0 Å². The topological polar surface area (TPSA) is 3.24 Å². The van der Waals surface area contributed by atoms with Crippen molar-refractivity contribution in [3.05, 3.63) is 71.0 Å². The first-order chi connectivity index (χ1) is 11.4. The van der Waals surface area contributed by atoms with Gasteiger partial charge in [0, 0.05) is 11.4 Å². The van der Waals surface area contributed by atoms with E-state index >= 15 is 0 Å². The molecule has 1 heterocycles. The molecule has 0 spiro atoms. The molecule has 1 nitrogen and oxygen atoms in total. The Labute approximate surface area is 148 Å². The summed E-state index contributed by atoms with van der Waals surface area (Å²) in [6.07, 6.45) is 3.37. The number of rotatable bonds is 4. The van der Waals surface area contributed by atoms with Crippen molar-refractivity contribution in [1.29, 1.82) is 0 Å². The van der Waals surface area contributed by atoms with Gasteiger partial charge in [-0.1, -0.05) is 35.9 Å². The van der Waals surface area contributed by atoms with Crippen molar-refractivity contribution in [2.45, 2.75) is 29.9 Å². The lowest BCUT2D eigenvalue weighted by atomic mass is 9.86. The molecule has 3 heteroatoms. The quantitative estimate of drug-likeness (QED) is 0.723. The first-order valence-corrected chi connectivity index (χ1v) is 9.13. The van der Waals surface area contributed by atoms with Gasteiger partial charge >= 0.3 is 0 Å². The average Bonchev–Trinajstić information content (AvgIpc) is 2.81. The van der Waals surface area contributed by atoms with Gasteiger partial charge in [-0.2, -0.15) is 0 Å². The van der Waals surface area contributed by atoms with Crippen LogP contribution in [0.1, 0.15) is 30.0 Å². The third kappa shape index (κ3) is 3.28. The Morgan fingerprint density at radius 2 is 1.83 bits per heavy atom. The largest absolute Gasteiger partial charge is 0.309 e. The molecule has 0 aliphatic carbocycles. The van der Waals surface area contributed by atoms with Gasteiger partial charge in [-0.15, -0.1) is 11.8 Å². The molecular weight excluding hydrogens is 317 g/mol. The Hall–Kier alpha value is -1.58. The predicted molar refractivity (Wildman–Crippen MR) is 102 cm³/mol. The van der Waals surface area contributed by atoms with Crippen molar-refractivity contribution >= 4 is 17.3 Å². The van der Waals surface area contributed by atoms with Gasteiger partial charge in [0.1, 0.15) is 5.82 Å². The zero-order chi connectivity index (χ0) is 17.3. The summed E-state index contributed by atoms with van der Waals surface area (Å²) >= 11 is 1.87. The number of benzene rings is 2. The van der Waals surface area contributed by atoms with Crippen LogP contribution in [0.5, 0.6) is 0 Å². The highest BCUT2D eigenvalue weighted by Gasteiger charge is 2.40. The van der Waals surface area contributed by atoms with Crippen LogP contribution in [-0.2, 0) is 4.75 Å². The summed E-state index contributed by atoms with van der Waals surface area (Å²) in [7, 11) is 4.19. The minimum absolute atomic E-state index is 0.170. The second kappa shape index (κ2) is 6.73. The van der Waals surface area contributed by atoms with Crippen LogP contribution in [0.25, 0.3) is 5.57 Å². The highest BCUT2D eigenvalue weighted by Crippen LogP contribution is 2.58. The van der Waals surface area contributed by atoms with Gasteiger partial charge in [0.2, 0.25) is 0 Å². The van der Waals surface area contributed by atoms with Crippen LogP contribution in [0.15, 0.2) is 53.4 Å². The normalized spacial score (nSPS) is 21.5. The van der Waals surface area contributed by atoms with E-state index in [1.54, 1.807) is 12.1 Å². The lowest BCUT2D eigenvalue weighted by molar-refractivity contribution is 0.417. The Bertz CT molecular complexity index is 764. The molecule has 1 unspecified atom stereocenters. The Morgan fingerprint density at radius 3 is 2.50 bits per heavy atom. The Kier molecular flexibility index (Phi) is 4.84. The zero-order valence-electron chi connectivity index (χ0n) is 14.8. The number of halogens is 1. The number of hydrogen-bond donors (Lipinski definition) is 0. The molecule has 2 aromatic carbocycles. The maximum atomic E-state index is 13.4. The minimum atomic E-state index is -0.183. The van der Waals surface area contributed by atoms with Crippen molar-refractivity contribution in [2.75, 3.05) is 20.6 Å². The van der Waals surface area contributed by atoms with Crippen LogP contribution in [-0.4, -0.2) is 25.5 Å². The van der Waals surface area contributed by atoms with Crippen molar-refractivity contribution < 1.29 is 4.39 Å². The average molecular weight is 341 g/mol. The summed E-state index contributed by atoms with van der Waals surface area (Å²) in [5.41, 5.74) is 5.10. The maximum Gasteiger partial charge on any atom is 0.123 e. The molecule has 0 radical (unpaired) electrons. The molecule has 126 valence electrons. The molecule has 0 saturated carbocycles. The smallest absolute Gasteiger partial charge is 0.123 e. The summed E-state index contributed by atoms with van der Waals surface area (Å²) in [5, 5.41) is 0. The first-order valence-electron chi connectivity index (χ1n) is 8.31. The highest BCUT2D eigenvalue weighted by atomic mass is 32.2. The number of hydrogen-bond acceptors (Lipinski definition) is 2. The summed E-state index contributed by atoms with van der Waals surface area (Å²) in [4.78, 5) is 3.51. The van der Waals surface area contributed by atoms with Gasteiger partial charge in [0.15, 0.2) is 0 Å². The fraction of sp³-hybridized carbons (Fsp3) is 0.333. The van der Waals surface area contributed by atoms with E-state index in [4.69, 9.17) is 0 Å². The number of fused-ring (bicyclic) bond motifs is 1. The van der Waals surface area contributed by atoms with Crippen LogP contribution in [0, 0.1) is 12.7 Å². The van der Waals surface area contributed by atoms with E-state index in [9.17, 15) is 4.39 Å². The second-order valence-electron chi connectivity index (χ2n) is 6.85. The van der Waals surface area contributed by atoms with E-state index < -0.39 is 0 Å². The number of thioether (sulfide) groups is 1. The predicted octanol–water partition coefficient (Wildman–Crippen LogP) is 5.49. The molecule has 0 saturated heterocycles. The molecule has 1 aliphatic rings. The standard InChI is InChI=1S/C21H24FNS/c1-15-7-12-20-18(14-15)19(6-5-13-23(3)4)21(2,24-20)16-8-10-17(22)11-9-16/h6-12,14H,5,13H2,1-4H3/b19-6+. The molecule has 1 atom stereocenters. The van der Waals surface area contributed by atoms with Crippen molar-refractivity contribution in [3.63, 3.8) is 0 Å². The lowest BCUT2D eigenvalue weighted by Crippen LogP contribution is -2.16. The van der Waals surface area contributed by atoms with Gasteiger partial charge < -0.3 is 4.90 Å². The van der Waals surface area contributed by atoms with E-state index in [2.05, 4.69) is 57.1 Å². The summed E-state index contributed by atoms with van der Waals surface area (Å²) in [5.74, 6) is -0.183. The summed E-state index contributed by atoms with van der Waals surface area (Å²) in [6, 6.07) is 13.6. The van der Waals surface area contributed by atoms with Crippen LogP contribution in [0.3, 0.4) is 0 Å². The maximum absolute atomic E-state index is 13.4. The molecule has 0 amide bonds. The summed E-state index contributed by atoms with van der Waals surface area (Å²) < 4.78 is 13.2. The van der Waals surface area contributed by atoms with E-state index in [-0.39, 0.29) is 10.6 Å². The first kappa shape index (κ1) is 17.2. The highest BCUT2D eigenvalue weighted by molar-refractivity contribution is 8.01. The van der Waals surface area contributed by atoms with Crippen molar-refractivity contribution in [3.8, 4) is 0 Å². The van der Waals surface area contributed by atoms with Gasteiger partial charge in [-0.25, -0.2) is 4.39 Å². The molecule has 0 fully saturated rings. The lowest BCUT2D eigenvalue weighted by Gasteiger charge is -2.26. The molecule has 0 aromatic heterocycles. The van der Waals surface area contributed by atoms with Gasteiger partial charge in [0.25, 0.3) is 0 Å². The van der Waals surface area contributed by atoms with Gasteiger partial charge in [-0.3, -0.25) is 0 Å². The molecule has 2 aromatic rings. The molecular formula is C21H24FNS. The molecule has 0 bridgehead atoms. The molecule has 1 aliphatic heterocycles. The van der Waals surface area contributed by atoms with Gasteiger partial charge in [-0.05, 0) is 69.3 Å². The van der Waals surface area contributed by atoms with E-state index in [1.807, 2.05) is 23.9 Å². The van der Waals surface area contributed by atoms with Crippen LogP contribution in [0.2, 0.25) is 0 Å². The molecule has 24 heavy (non-hydrogen) atoms. The van der Waals surface area contributed by atoms with E-state index in [1.165, 1.54) is 21.6 Å². The monoisotopic (exact) mass is 341 g/mol.